The van der Waals surface area contributed by atoms with Gasteiger partial charge in [-0.25, -0.2) is 9.69 Å². The number of carboxylic acids is 1. The van der Waals surface area contributed by atoms with Crippen LogP contribution >= 0.6 is 0 Å². The number of ether oxygens (including phenoxy) is 2. The van der Waals surface area contributed by atoms with Crippen LogP contribution < -0.4 is 4.74 Å². The van der Waals surface area contributed by atoms with E-state index in [1.54, 1.807) is 18.2 Å². The van der Waals surface area contributed by atoms with Crippen molar-refractivity contribution in [3.63, 3.8) is 0 Å². The zero-order valence-corrected chi connectivity index (χ0v) is 11.8. The van der Waals surface area contributed by atoms with Crippen molar-refractivity contribution in [2.75, 3.05) is 6.61 Å². The number of benzene rings is 1. The molecule has 8 nitrogen and oxygen atoms in total. The minimum Gasteiger partial charge on any atom is -0.481 e. The molecule has 8 heteroatoms. The number of hydrogen-bond acceptors (Lipinski definition) is 6. The fourth-order valence-corrected chi connectivity index (χ4v) is 1.57. The number of hydrogen-bond donors (Lipinski definition) is 1. The van der Waals surface area contributed by atoms with E-state index in [1.807, 2.05) is 0 Å². The number of esters is 1. The summed E-state index contributed by atoms with van der Waals surface area (Å²) in [5.74, 6) is -1.71. The molecule has 1 N–H and O–H groups in total. The predicted octanol–water partition coefficient (Wildman–Crippen LogP) is 1.05. The standard InChI is InChI=1S/C14H15NO7/c1-10(17)21-8-11(7-13(18)19)15(9-16)14(20)22-12-5-3-2-4-6-12/h2-6,9,11H,7-8H2,1H3,(H,18,19)/t11-/m0/s1. The van der Waals surface area contributed by atoms with E-state index in [9.17, 15) is 19.2 Å². The Morgan fingerprint density at radius 2 is 1.91 bits per heavy atom. The third-order valence-electron chi connectivity index (χ3n) is 2.56. The normalized spacial score (nSPS) is 11.1. The van der Waals surface area contributed by atoms with Gasteiger partial charge in [0.2, 0.25) is 6.41 Å². The first-order chi connectivity index (χ1) is 10.4. The van der Waals surface area contributed by atoms with E-state index in [2.05, 4.69) is 4.74 Å². The van der Waals surface area contributed by atoms with E-state index in [-0.39, 0.29) is 12.2 Å². The first-order valence-corrected chi connectivity index (χ1v) is 6.29. The number of carbonyl (C=O) groups is 4. The first-order valence-electron chi connectivity index (χ1n) is 6.29. The van der Waals surface area contributed by atoms with Gasteiger partial charge in [-0.15, -0.1) is 0 Å². The molecule has 0 aromatic heterocycles. The highest BCUT2D eigenvalue weighted by Gasteiger charge is 2.28. The number of nitrogens with zero attached hydrogens (tertiary/aromatic N) is 1. The SMILES string of the molecule is CC(=O)OC[C@H](CC(=O)O)N(C=O)C(=O)Oc1ccccc1. The van der Waals surface area contributed by atoms with Gasteiger partial charge in [-0.05, 0) is 12.1 Å². The van der Waals surface area contributed by atoms with Crippen LogP contribution in [0.5, 0.6) is 5.75 Å². The van der Waals surface area contributed by atoms with Gasteiger partial charge < -0.3 is 14.6 Å². The second-order valence-corrected chi connectivity index (χ2v) is 4.25. The summed E-state index contributed by atoms with van der Waals surface area (Å²) in [5.41, 5.74) is 0. The van der Waals surface area contributed by atoms with Gasteiger partial charge in [-0.3, -0.25) is 14.4 Å². The van der Waals surface area contributed by atoms with Crippen LogP contribution in [0.2, 0.25) is 0 Å². The summed E-state index contributed by atoms with van der Waals surface area (Å²) < 4.78 is 9.64. The van der Waals surface area contributed by atoms with Crippen molar-refractivity contribution < 1.29 is 33.8 Å². The highest BCUT2D eigenvalue weighted by Crippen LogP contribution is 2.12. The topological polar surface area (TPSA) is 110 Å². The molecule has 22 heavy (non-hydrogen) atoms. The number of imide groups is 1. The summed E-state index contributed by atoms with van der Waals surface area (Å²) in [7, 11) is 0. The van der Waals surface area contributed by atoms with Gasteiger partial charge in [0.25, 0.3) is 0 Å². The Labute approximate surface area is 126 Å². The molecule has 0 radical (unpaired) electrons. The molecule has 0 heterocycles. The second-order valence-electron chi connectivity index (χ2n) is 4.25. The Hall–Kier alpha value is -2.90. The van der Waals surface area contributed by atoms with E-state index in [1.165, 1.54) is 12.1 Å². The van der Waals surface area contributed by atoms with Crippen LogP contribution in [-0.2, 0) is 19.1 Å². The van der Waals surface area contributed by atoms with Gasteiger partial charge in [0.05, 0.1) is 12.5 Å². The lowest BCUT2D eigenvalue weighted by molar-refractivity contribution is -0.147. The van der Waals surface area contributed by atoms with Crippen molar-refractivity contribution in [1.29, 1.82) is 0 Å². The number of amides is 2. The maximum absolute atomic E-state index is 12.0. The smallest absolute Gasteiger partial charge is 0.422 e. The predicted molar refractivity (Wildman–Crippen MR) is 73.0 cm³/mol. The Morgan fingerprint density at radius 3 is 2.41 bits per heavy atom. The molecule has 118 valence electrons. The number of para-hydroxylation sites is 1. The Kier molecular flexibility index (Phi) is 6.55. The summed E-state index contributed by atoms with van der Waals surface area (Å²) in [6.45, 7) is 0.704. The highest BCUT2D eigenvalue weighted by molar-refractivity contribution is 5.83. The van der Waals surface area contributed by atoms with Crippen LogP contribution in [0.1, 0.15) is 13.3 Å². The van der Waals surface area contributed by atoms with E-state index >= 15 is 0 Å². The quantitative estimate of drug-likeness (QED) is 0.592. The van der Waals surface area contributed by atoms with Gasteiger partial charge in [0.1, 0.15) is 12.4 Å². The molecule has 1 aromatic carbocycles. The average Bonchev–Trinajstić information content (AvgIpc) is 2.45. The summed E-state index contributed by atoms with van der Waals surface area (Å²) in [6, 6.07) is 6.80. The molecule has 0 unspecified atom stereocenters. The molecule has 0 aliphatic carbocycles. The average molecular weight is 309 g/mol. The maximum atomic E-state index is 12.0. The van der Waals surface area contributed by atoms with Crippen molar-refractivity contribution >= 4 is 24.4 Å². The number of carboxylic acid groups (broad SMARTS) is 1. The summed E-state index contributed by atoms with van der Waals surface area (Å²) >= 11 is 0. The number of carbonyl (C=O) groups excluding carboxylic acids is 3. The van der Waals surface area contributed by atoms with Crippen molar-refractivity contribution in [3.8, 4) is 5.75 Å². The molecule has 2 amide bonds. The zero-order chi connectivity index (χ0) is 16.5. The highest BCUT2D eigenvalue weighted by atomic mass is 16.6. The van der Waals surface area contributed by atoms with Crippen LogP contribution in [0, 0.1) is 0 Å². The molecule has 0 saturated heterocycles. The third-order valence-corrected chi connectivity index (χ3v) is 2.56. The van der Waals surface area contributed by atoms with Crippen molar-refractivity contribution in [3.05, 3.63) is 30.3 Å². The van der Waals surface area contributed by atoms with Crippen LogP contribution in [0.4, 0.5) is 4.79 Å². The summed E-state index contributed by atoms with van der Waals surface area (Å²) in [5, 5.41) is 8.83. The lowest BCUT2D eigenvalue weighted by Crippen LogP contribution is -2.45. The molecular weight excluding hydrogens is 294 g/mol. The van der Waals surface area contributed by atoms with E-state index in [0.717, 1.165) is 6.92 Å². The Balaban J connectivity index is 2.82. The molecule has 1 aromatic rings. The Bertz CT molecular complexity index is 543. The van der Waals surface area contributed by atoms with Crippen molar-refractivity contribution in [2.24, 2.45) is 0 Å². The van der Waals surface area contributed by atoms with E-state index in [4.69, 9.17) is 9.84 Å². The largest absolute Gasteiger partial charge is 0.481 e. The first kappa shape index (κ1) is 17.2. The molecule has 0 saturated carbocycles. The third kappa shape index (κ3) is 5.61. The molecule has 0 aliphatic heterocycles. The molecule has 0 aliphatic rings. The molecule has 0 fully saturated rings. The van der Waals surface area contributed by atoms with Gasteiger partial charge >= 0.3 is 18.0 Å². The van der Waals surface area contributed by atoms with Crippen LogP contribution in [-0.4, -0.2) is 47.1 Å². The van der Waals surface area contributed by atoms with Gasteiger partial charge in [0.15, 0.2) is 0 Å². The van der Waals surface area contributed by atoms with Gasteiger partial charge in [-0.2, -0.15) is 0 Å². The van der Waals surface area contributed by atoms with E-state index in [0.29, 0.717) is 4.90 Å². The molecule has 1 rings (SSSR count). The Morgan fingerprint density at radius 1 is 1.27 bits per heavy atom. The molecule has 1 atom stereocenters. The van der Waals surface area contributed by atoms with Gasteiger partial charge in [0, 0.05) is 6.92 Å². The molecule has 0 bridgehead atoms. The van der Waals surface area contributed by atoms with Crippen LogP contribution in [0.25, 0.3) is 0 Å². The minimum absolute atomic E-state index is 0.141. The minimum atomic E-state index is -1.25. The number of aliphatic carboxylic acids is 1. The fraction of sp³-hybridized carbons (Fsp3) is 0.286. The van der Waals surface area contributed by atoms with Gasteiger partial charge in [-0.1, -0.05) is 18.2 Å². The number of rotatable bonds is 7. The van der Waals surface area contributed by atoms with Crippen molar-refractivity contribution in [1.82, 2.24) is 4.90 Å². The second kappa shape index (κ2) is 8.40. The monoisotopic (exact) mass is 309 g/mol. The molecular formula is C14H15NO7. The summed E-state index contributed by atoms with van der Waals surface area (Å²) in [4.78, 5) is 45.2. The van der Waals surface area contributed by atoms with Crippen LogP contribution in [0.3, 0.4) is 0 Å². The molecule has 0 spiro atoms. The zero-order valence-electron chi connectivity index (χ0n) is 11.8. The summed E-state index contributed by atoms with van der Waals surface area (Å²) in [6.07, 6.45) is -1.49. The maximum Gasteiger partial charge on any atom is 0.422 e. The van der Waals surface area contributed by atoms with Crippen molar-refractivity contribution in [2.45, 2.75) is 19.4 Å². The lowest BCUT2D eigenvalue weighted by atomic mass is 10.2. The fourth-order valence-electron chi connectivity index (χ4n) is 1.57. The lowest BCUT2D eigenvalue weighted by Gasteiger charge is -2.24. The van der Waals surface area contributed by atoms with Crippen LogP contribution in [0.15, 0.2) is 30.3 Å². The van der Waals surface area contributed by atoms with E-state index < -0.39 is 37.1 Å².